The van der Waals surface area contributed by atoms with Crippen molar-refractivity contribution in [2.75, 3.05) is 0 Å². The second-order valence-electron chi connectivity index (χ2n) is 4.26. The lowest BCUT2D eigenvalue weighted by Gasteiger charge is -2.18. The van der Waals surface area contributed by atoms with Gasteiger partial charge >= 0.3 is 0 Å². The average Bonchev–Trinajstić information content (AvgIpc) is 2.28. The molecule has 1 aromatic rings. The first-order chi connectivity index (χ1) is 8.47. The van der Waals surface area contributed by atoms with Crippen LogP contribution in [0.15, 0.2) is 18.2 Å². The van der Waals surface area contributed by atoms with Crippen molar-refractivity contribution < 1.29 is 13.6 Å². The van der Waals surface area contributed by atoms with Crippen LogP contribution in [0.25, 0.3) is 0 Å². The van der Waals surface area contributed by atoms with E-state index in [1.54, 1.807) is 0 Å². The fourth-order valence-electron chi connectivity index (χ4n) is 1.76. The molecule has 1 amide bonds. The molecule has 5 heteroatoms. The van der Waals surface area contributed by atoms with E-state index < -0.39 is 29.6 Å². The molecule has 1 aromatic carbocycles. The zero-order valence-electron chi connectivity index (χ0n) is 10.5. The molecule has 0 aliphatic rings. The van der Waals surface area contributed by atoms with Crippen LogP contribution in [0.2, 0.25) is 0 Å². The van der Waals surface area contributed by atoms with Crippen LogP contribution in [-0.4, -0.2) is 11.9 Å². The van der Waals surface area contributed by atoms with Crippen molar-refractivity contribution in [1.82, 2.24) is 5.32 Å². The van der Waals surface area contributed by atoms with Gasteiger partial charge in [-0.2, -0.15) is 0 Å². The number of carbonyl (C=O) groups excluding carboxylic acids is 1. The topological polar surface area (TPSA) is 55.1 Å². The van der Waals surface area contributed by atoms with Crippen LogP contribution >= 0.6 is 0 Å². The molecule has 3 nitrogen and oxygen atoms in total. The number of nitrogens with two attached hydrogens (primary N) is 1. The van der Waals surface area contributed by atoms with E-state index in [1.807, 2.05) is 6.92 Å². The zero-order valence-corrected chi connectivity index (χ0v) is 10.5. The van der Waals surface area contributed by atoms with E-state index >= 15 is 0 Å². The number of hydrogen-bond acceptors (Lipinski definition) is 2. The Morgan fingerprint density at radius 2 is 1.94 bits per heavy atom. The molecule has 100 valence electrons. The van der Waals surface area contributed by atoms with Crippen molar-refractivity contribution in [3.8, 4) is 0 Å². The quantitative estimate of drug-likeness (QED) is 0.849. The van der Waals surface area contributed by atoms with Gasteiger partial charge in [-0.05, 0) is 25.5 Å². The third-order valence-electron chi connectivity index (χ3n) is 2.73. The molecule has 0 saturated carbocycles. The Labute approximate surface area is 105 Å². The van der Waals surface area contributed by atoms with E-state index in [4.69, 9.17) is 5.73 Å². The molecule has 0 saturated heterocycles. The van der Waals surface area contributed by atoms with E-state index in [0.717, 1.165) is 18.6 Å². The summed E-state index contributed by atoms with van der Waals surface area (Å²) in [6, 6.07) is 2.21. The molecule has 18 heavy (non-hydrogen) atoms. The van der Waals surface area contributed by atoms with Gasteiger partial charge in [-0.1, -0.05) is 19.4 Å². The van der Waals surface area contributed by atoms with Crippen molar-refractivity contribution in [1.29, 1.82) is 0 Å². The second kappa shape index (κ2) is 6.44. The Bertz CT molecular complexity index is 403. The second-order valence-corrected chi connectivity index (χ2v) is 4.26. The summed E-state index contributed by atoms with van der Waals surface area (Å²) in [5.74, 6) is -1.74. The Morgan fingerprint density at radius 3 is 2.44 bits per heavy atom. The van der Waals surface area contributed by atoms with E-state index in [-0.39, 0.29) is 5.56 Å². The van der Waals surface area contributed by atoms with Crippen LogP contribution in [0, 0.1) is 11.6 Å². The molecule has 2 atom stereocenters. The zero-order chi connectivity index (χ0) is 13.7. The van der Waals surface area contributed by atoms with Gasteiger partial charge in [-0.3, -0.25) is 4.79 Å². The highest BCUT2D eigenvalue weighted by Crippen LogP contribution is 2.20. The summed E-state index contributed by atoms with van der Waals surface area (Å²) in [7, 11) is 0. The van der Waals surface area contributed by atoms with Crippen molar-refractivity contribution in [2.24, 2.45) is 5.73 Å². The molecule has 0 heterocycles. The third-order valence-corrected chi connectivity index (χ3v) is 2.73. The van der Waals surface area contributed by atoms with Gasteiger partial charge in [0, 0.05) is 5.56 Å². The van der Waals surface area contributed by atoms with Gasteiger partial charge in [0.15, 0.2) is 0 Å². The number of carbonyl (C=O) groups is 1. The van der Waals surface area contributed by atoms with Crippen molar-refractivity contribution in [3.63, 3.8) is 0 Å². The van der Waals surface area contributed by atoms with Crippen LogP contribution in [0.5, 0.6) is 0 Å². The van der Waals surface area contributed by atoms with E-state index in [2.05, 4.69) is 5.32 Å². The Kier molecular flexibility index (Phi) is 5.22. The molecule has 0 bridgehead atoms. The molecule has 0 fully saturated rings. The average molecular weight is 256 g/mol. The maximum absolute atomic E-state index is 13.5. The van der Waals surface area contributed by atoms with Gasteiger partial charge in [-0.25, -0.2) is 8.78 Å². The fourth-order valence-corrected chi connectivity index (χ4v) is 1.76. The number of rotatable bonds is 5. The summed E-state index contributed by atoms with van der Waals surface area (Å²) < 4.78 is 27.0. The molecule has 0 aromatic heterocycles. The van der Waals surface area contributed by atoms with Crippen LogP contribution in [-0.2, 0) is 4.79 Å². The lowest BCUT2D eigenvalue weighted by Crippen LogP contribution is -2.41. The minimum absolute atomic E-state index is 0.144. The van der Waals surface area contributed by atoms with Gasteiger partial charge in [0.1, 0.15) is 11.6 Å². The molecule has 0 radical (unpaired) electrons. The number of halogens is 2. The van der Waals surface area contributed by atoms with Gasteiger partial charge in [-0.15, -0.1) is 0 Å². The Balaban J connectivity index is 2.76. The van der Waals surface area contributed by atoms with E-state index in [0.29, 0.717) is 6.42 Å². The smallest absolute Gasteiger partial charge is 0.237 e. The molecular weight excluding hydrogens is 238 g/mol. The van der Waals surface area contributed by atoms with Crippen molar-refractivity contribution in [3.05, 3.63) is 35.4 Å². The van der Waals surface area contributed by atoms with Crippen molar-refractivity contribution >= 4 is 5.91 Å². The standard InChI is InChI=1S/C13H18F2N2O/c1-3-5-11(16)13(18)17-8(2)12-9(14)6-4-7-10(12)15/h4,6-8,11H,3,5,16H2,1-2H3,(H,17,18)/t8?,11-/m0/s1. The number of benzene rings is 1. The summed E-state index contributed by atoms with van der Waals surface area (Å²) >= 11 is 0. The summed E-state index contributed by atoms with van der Waals surface area (Å²) in [6.07, 6.45) is 1.31. The SMILES string of the molecule is CCC[C@H](N)C(=O)NC(C)c1c(F)cccc1F. The van der Waals surface area contributed by atoms with Crippen LogP contribution in [0.1, 0.15) is 38.3 Å². The predicted molar refractivity (Wildman–Crippen MR) is 65.8 cm³/mol. The highest BCUT2D eigenvalue weighted by atomic mass is 19.1. The molecule has 1 unspecified atom stereocenters. The highest BCUT2D eigenvalue weighted by Gasteiger charge is 2.20. The minimum atomic E-state index is -0.749. The summed E-state index contributed by atoms with van der Waals surface area (Å²) in [4.78, 5) is 11.7. The molecule has 0 aliphatic heterocycles. The van der Waals surface area contributed by atoms with Crippen LogP contribution < -0.4 is 11.1 Å². The lowest BCUT2D eigenvalue weighted by molar-refractivity contribution is -0.123. The first-order valence-corrected chi connectivity index (χ1v) is 5.97. The minimum Gasteiger partial charge on any atom is -0.348 e. The lowest BCUT2D eigenvalue weighted by atomic mass is 10.1. The van der Waals surface area contributed by atoms with Crippen LogP contribution in [0.4, 0.5) is 8.78 Å². The summed E-state index contributed by atoms with van der Waals surface area (Å²) in [5, 5.41) is 2.52. The maximum atomic E-state index is 13.5. The largest absolute Gasteiger partial charge is 0.348 e. The van der Waals surface area contributed by atoms with Gasteiger partial charge in [0.05, 0.1) is 12.1 Å². The molecule has 1 rings (SSSR count). The normalized spacial score (nSPS) is 14.1. The number of amides is 1. The van der Waals surface area contributed by atoms with Crippen LogP contribution in [0.3, 0.4) is 0 Å². The highest BCUT2D eigenvalue weighted by molar-refractivity contribution is 5.81. The molecule has 0 aliphatic carbocycles. The molecular formula is C13H18F2N2O. The van der Waals surface area contributed by atoms with E-state index in [1.165, 1.54) is 13.0 Å². The Morgan fingerprint density at radius 1 is 1.39 bits per heavy atom. The Hall–Kier alpha value is -1.49. The summed E-state index contributed by atoms with van der Waals surface area (Å²) in [6.45, 7) is 3.44. The maximum Gasteiger partial charge on any atom is 0.237 e. The number of hydrogen-bond donors (Lipinski definition) is 2. The van der Waals surface area contributed by atoms with Gasteiger partial charge in [0.25, 0.3) is 0 Å². The van der Waals surface area contributed by atoms with Crippen molar-refractivity contribution in [2.45, 2.75) is 38.8 Å². The number of nitrogens with one attached hydrogen (secondary N) is 1. The van der Waals surface area contributed by atoms with E-state index in [9.17, 15) is 13.6 Å². The molecule has 0 spiro atoms. The first-order valence-electron chi connectivity index (χ1n) is 5.97. The third kappa shape index (κ3) is 3.50. The van der Waals surface area contributed by atoms with Gasteiger partial charge < -0.3 is 11.1 Å². The monoisotopic (exact) mass is 256 g/mol. The predicted octanol–water partition coefficient (Wildman–Crippen LogP) is 2.27. The summed E-state index contributed by atoms with van der Waals surface area (Å²) in [5.41, 5.74) is 5.49. The molecule has 3 N–H and O–H groups in total. The fraction of sp³-hybridized carbons (Fsp3) is 0.462. The first kappa shape index (κ1) is 14.6. The van der Waals surface area contributed by atoms with Gasteiger partial charge in [0.2, 0.25) is 5.91 Å².